The minimum atomic E-state index is -0.448. The number of carbonyl (C=O) groups excluding carboxylic acids is 1. The molecule has 0 aromatic heterocycles. The van der Waals surface area contributed by atoms with Crippen LogP contribution in [0.1, 0.15) is 25.3 Å². The van der Waals surface area contributed by atoms with E-state index in [9.17, 15) is 14.9 Å². The molecule has 2 N–H and O–H groups in total. The number of carbonyl (C=O) groups is 1. The molecule has 1 amide bonds. The van der Waals surface area contributed by atoms with Crippen LogP contribution >= 0.6 is 0 Å². The summed E-state index contributed by atoms with van der Waals surface area (Å²) in [5.74, 6) is -0.0951. The van der Waals surface area contributed by atoms with Crippen molar-refractivity contribution in [1.29, 1.82) is 0 Å². The molecule has 1 aromatic carbocycles. The van der Waals surface area contributed by atoms with Gasteiger partial charge in [-0.3, -0.25) is 14.9 Å². The molecule has 0 radical (unpaired) electrons. The lowest BCUT2D eigenvalue weighted by Gasteiger charge is -2.34. The number of nitro benzene ring substituents is 1. The normalized spacial score (nSPS) is 21.8. The van der Waals surface area contributed by atoms with E-state index in [2.05, 4.69) is 17.6 Å². The monoisotopic (exact) mass is 291 g/mol. The van der Waals surface area contributed by atoms with Gasteiger partial charge in [-0.2, -0.15) is 0 Å². The Hall–Kier alpha value is -1.95. The van der Waals surface area contributed by atoms with E-state index in [1.165, 1.54) is 12.1 Å². The average molecular weight is 291 g/mol. The molecule has 1 unspecified atom stereocenters. The Morgan fingerprint density at radius 1 is 1.52 bits per heavy atom. The van der Waals surface area contributed by atoms with Crippen molar-refractivity contribution in [3.05, 3.63) is 39.9 Å². The van der Waals surface area contributed by atoms with Crippen LogP contribution in [-0.2, 0) is 11.2 Å². The molecule has 6 heteroatoms. The van der Waals surface area contributed by atoms with Gasteiger partial charge >= 0.3 is 0 Å². The number of nitro groups is 1. The molecular weight excluding hydrogens is 270 g/mol. The third-order valence-corrected chi connectivity index (χ3v) is 3.88. The van der Waals surface area contributed by atoms with Crippen LogP contribution in [-0.4, -0.2) is 30.5 Å². The third-order valence-electron chi connectivity index (χ3n) is 3.88. The number of piperidine rings is 1. The highest BCUT2D eigenvalue weighted by molar-refractivity contribution is 5.78. The summed E-state index contributed by atoms with van der Waals surface area (Å²) in [4.78, 5) is 22.2. The summed E-state index contributed by atoms with van der Waals surface area (Å²) >= 11 is 0. The molecule has 2 rings (SSSR count). The van der Waals surface area contributed by atoms with Gasteiger partial charge in [0.15, 0.2) is 0 Å². The van der Waals surface area contributed by atoms with Crippen molar-refractivity contribution in [2.45, 2.75) is 26.2 Å². The van der Waals surface area contributed by atoms with Gasteiger partial charge in [-0.1, -0.05) is 19.1 Å². The number of hydrogen-bond donors (Lipinski definition) is 2. The molecule has 1 atom stereocenters. The second-order valence-electron chi connectivity index (χ2n) is 5.97. The van der Waals surface area contributed by atoms with E-state index in [4.69, 9.17) is 0 Å². The highest BCUT2D eigenvalue weighted by Crippen LogP contribution is 2.24. The van der Waals surface area contributed by atoms with Crippen LogP contribution in [0.4, 0.5) is 5.69 Å². The van der Waals surface area contributed by atoms with Gasteiger partial charge < -0.3 is 10.6 Å². The molecule has 0 bridgehead atoms. The van der Waals surface area contributed by atoms with Gasteiger partial charge in [0.1, 0.15) is 0 Å². The van der Waals surface area contributed by atoms with Crippen molar-refractivity contribution in [1.82, 2.24) is 10.6 Å². The Labute approximate surface area is 124 Å². The largest absolute Gasteiger partial charge is 0.355 e. The van der Waals surface area contributed by atoms with Crippen molar-refractivity contribution >= 4 is 11.6 Å². The number of amides is 1. The fourth-order valence-corrected chi connectivity index (χ4v) is 2.61. The number of rotatable bonds is 5. The zero-order valence-corrected chi connectivity index (χ0v) is 12.2. The van der Waals surface area contributed by atoms with Gasteiger partial charge in [0.2, 0.25) is 5.91 Å². The lowest BCUT2D eigenvalue weighted by molar-refractivity contribution is -0.384. The summed E-state index contributed by atoms with van der Waals surface area (Å²) < 4.78 is 0. The zero-order valence-electron chi connectivity index (χ0n) is 12.2. The van der Waals surface area contributed by atoms with E-state index in [-0.39, 0.29) is 23.4 Å². The predicted molar refractivity (Wildman–Crippen MR) is 80.0 cm³/mol. The first-order valence-electron chi connectivity index (χ1n) is 7.19. The highest BCUT2D eigenvalue weighted by atomic mass is 16.6. The molecule has 1 saturated heterocycles. The summed E-state index contributed by atoms with van der Waals surface area (Å²) in [6, 6.07) is 6.21. The molecule has 114 valence electrons. The van der Waals surface area contributed by atoms with Gasteiger partial charge in [-0.25, -0.2) is 0 Å². The summed E-state index contributed by atoms with van der Waals surface area (Å²) in [7, 11) is 0. The van der Waals surface area contributed by atoms with Gasteiger partial charge in [0, 0.05) is 25.2 Å². The van der Waals surface area contributed by atoms with Crippen LogP contribution < -0.4 is 10.6 Å². The molecular formula is C15H21N3O3. The predicted octanol–water partition coefficient (Wildman–Crippen LogP) is 1.64. The Kier molecular flexibility index (Phi) is 4.90. The number of non-ortho nitro benzene ring substituents is 1. The maximum Gasteiger partial charge on any atom is 0.269 e. The summed E-state index contributed by atoms with van der Waals surface area (Å²) in [5, 5.41) is 17.0. The fourth-order valence-electron chi connectivity index (χ4n) is 2.61. The molecule has 1 aliphatic rings. The first kappa shape index (κ1) is 15.4. The SMILES string of the molecule is CC1(CNC(=O)Cc2cccc([N+](=O)[O-])c2)CCCNC1. The topological polar surface area (TPSA) is 84.3 Å². The van der Waals surface area contributed by atoms with E-state index < -0.39 is 4.92 Å². The lowest BCUT2D eigenvalue weighted by Crippen LogP contribution is -2.45. The maximum atomic E-state index is 12.0. The van der Waals surface area contributed by atoms with Crippen LogP contribution in [0.15, 0.2) is 24.3 Å². The molecule has 0 aliphatic carbocycles. The second kappa shape index (κ2) is 6.67. The van der Waals surface area contributed by atoms with Crippen LogP contribution in [0.5, 0.6) is 0 Å². The minimum Gasteiger partial charge on any atom is -0.355 e. The Morgan fingerprint density at radius 3 is 3.00 bits per heavy atom. The molecule has 1 aliphatic heterocycles. The van der Waals surface area contributed by atoms with Crippen LogP contribution in [0.2, 0.25) is 0 Å². The lowest BCUT2D eigenvalue weighted by atomic mass is 9.83. The average Bonchev–Trinajstić information content (AvgIpc) is 2.46. The summed E-state index contributed by atoms with van der Waals surface area (Å²) in [6.07, 6.45) is 2.39. The Bertz CT molecular complexity index is 525. The van der Waals surface area contributed by atoms with Crippen molar-refractivity contribution in [3.63, 3.8) is 0 Å². The molecule has 21 heavy (non-hydrogen) atoms. The van der Waals surface area contributed by atoms with Crippen molar-refractivity contribution < 1.29 is 9.72 Å². The Balaban J connectivity index is 1.87. The van der Waals surface area contributed by atoms with Crippen molar-refractivity contribution in [3.8, 4) is 0 Å². The third kappa shape index (κ3) is 4.53. The van der Waals surface area contributed by atoms with E-state index in [1.54, 1.807) is 12.1 Å². The van der Waals surface area contributed by atoms with Crippen LogP contribution in [0.25, 0.3) is 0 Å². The van der Waals surface area contributed by atoms with E-state index >= 15 is 0 Å². The summed E-state index contributed by atoms with van der Waals surface area (Å²) in [6.45, 7) is 4.74. The molecule has 1 fully saturated rings. The molecule has 0 saturated carbocycles. The first-order chi connectivity index (χ1) is 9.98. The smallest absolute Gasteiger partial charge is 0.269 e. The van der Waals surface area contributed by atoms with Crippen LogP contribution in [0.3, 0.4) is 0 Å². The van der Waals surface area contributed by atoms with Crippen molar-refractivity contribution in [2.24, 2.45) is 5.41 Å². The highest BCUT2D eigenvalue weighted by Gasteiger charge is 2.26. The van der Waals surface area contributed by atoms with Gasteiger partial charge in [0.05, 0.1) is 11.3 Å². The van der Waals surface area contributed by atoms with Crippen LogP contribution in [0, 0.1) is 15.5 Å². The van der Waals surface area contributed by atoms with E-state index in [1.807, 2.05) is 0 Å². The molecule has 0 spiro atoms. The van der Waals surface area contributed by atoms with E-state index in [0.29, 0.717) is 12.1 Å². The second-order valence-corrected chi connectivity index (χ2v) is 5.97. The number of benzene rings is 1. The van der Waals surface area contributed by atoms with E-state index in [0.717, 1.165) is 25.9 Å². The van der Waals surface area contributed by atoms with Gasteiger partial charge in [0.25, 0.3) is 5.69 Å². The number of nitrogens with zero attached hydrogens (tertiary/aromatic N) is 1. The zero-order chi connectivity index (χ0) is 15.3. The molecule has 6 nitrogen and oxygen atoms in total. The standard InChI is InChI=1S/C15H21N3O3/c1-15(6-3-7-16-10-15)11-17-14(19)9-12-4-2-5-13(8-12)18(20)21/h2,4-5,8,16H,3,6-7,9-11H2,1H3,(H,17,19). The Morgan fingerprint density at radius 2 is 2.33 bits per heavy atom. The molecule has 1 heterocycles. The minimum absolute atomic E-state index is 0.0174. The number of hydrogen-bond acceptors (Lipinski definition) is 4. The fraction of sp³-hybridized carbons (Fsp3) is 0.533. The van der Waals surface area contributed by atoms with Crippen molar-refractivity contribution in [2.75, 3.05) is 19.6 Å². The maximum absolute atomic E-state index is 12.0. The summed E-state index contributed by atoms with van der Waals surface area (Å²) in [5.41, 5.74) is 0.772. The number of nitrogens with one attached hydrogen (secondary N) is 2. The quantitative estimate of drug-likeness (QED) is 0.638. The van der Waals surface area contributed by atoms with Gasteiger partial charge in [-0.15, -0.1) is 0 Å². The first-order valence-corrected chi connectivity index (χ1v) is 7.19. The molecule has 1 aromatic rings. The van der Waals surface area contributed by atoms with Gasteiger partial charge in [-0.05, 0) is 30.4 Å².